The van der Waals surface area contributed by atoms with Crippen molar-refractivity contribution in [3.8, 4) is 11.5 Å². The minimum Gasteiger partial charge on any atom is -0.508 e. The third-order valence-corrected chi connectivity index (χ3v) is 2.59. The predicted octanol–water partition coefficient (Wildman–Crippen LogP) is 1.17. The number of nitrogens with zero attached hydrogens (tertiary/aromatic N) is 1. The van der Waals surface area contributed by atoms with Crippen molar-refractivity contribution in [1.29, 1.82) is 0 Å². The predicted molar refractivity (Wildman–Crippen MR) is 51.5 cm³/mol. The lowest BCUT2D eigenvalue weighted by Gasteiger charge is -2.33. The summed E-state index contributed by atoms with van der Waals surface area (Å²) in [4.78, 5) is 4.14. The van der Waals surface area contributed by atoms with Crippen molar-refractivity contribution < 1.29 is 9.84 Å². The first-order chi connectivity index (χ1) is 6.83. The van der Waals surface area contributed by atoms with E-state index in [0.29, 0.717) is 0 Å². The molecule has 0 saturated heterocycles. The average Bonchev–Trinajstić information content (AvgIpc) is 2.17. The highest BCUT2D eigenvalue weighted by atomic mass is 16.5. The Labute approximate surface area is 81.2 Å². The lowest BCUT2D eigenvalue weighted by Crippen LogP contribution is -2.36. The molecule has 1 aromatic rings. The molecule has 4 nitrogen and oxygen atoms in total. The summed E-state index contributed by atoms with van der Waals surface area (Å²) >= 11 is 0. The number of aromatic hydroxyl groups is 1. The highest BCUT2D eigenvalue weighted by Gasteiger charge is 2.29. The second-order valence-electron chi connectivity index (χ2n) is 3.53. The van der Waals surface area contributed by atoms with E-state index >= 15 is 0 Å². The molecule has 0 radical (unpaired) electrons. The molecule has 14 heavy (non-hydrogen) atoms. The van der Waals surface area contributed by atoms with Gasteiger partial charge in [-0.1, -0.05) is 0 Å². The fourth-order valence-electron chi connectivity index (χ4n) is 1.90. The summed E-state index contributed by atoms with van der Waals surface area (Å²) in [5.41, 5.74) is 1.09. The van der Waals surface area contributed by atoms with Gasteiger partial charge < -0.3 is 15.2 Å². The molecule has 4 heteroatoms. The van der Waals surface area contributed by atoms with E-state index in [0.717, 1.165) is 17.7 Å². The molecule has 2 aliphatic heterocycles. The maximum Gasteiger partial charge on any atom is 0.193 e. The van der Waals surface area contributed by atoms with E-state index in [1.54, 1.807) is 18.5 Å². The number of rotatable bonds is 0. The van der Waals surface area contributed by atoms with Gasteiger partial charge in [0.2, 0.25) is 0 Å². The highest BCUT2D eigenvalue weighted by Crippen LogP contribution is 2.37. The van der Waals surface area contributed by atoms with E-state index in [1.807, 2.05) is 6.07 Å². The molecule has 0 fully saturated rings. The summed E-state index contributed by atoms with van der Waals surface area (Å²) in [6.45, 7) is 0. The van der Waals surface area contributed by atoms with Crippen LogP contribution in [0.1, 0.15) is 18.0 Å². The second-order valence-corrected chi connectivity index (χ2v) is 3.53. The molecule has 1 aromatic carbocycles. The zero-order valence-electron chi connectivity index (χ0n) is 7.47. The van der Waals surface area contributed by atoms with Crippen LogP contribution in [0.5, 0.6) is 11.5 Å². The van der Waals surface area contributed by atoms with Gasteiger partial charge >= 0.3 is 0 Å². The number of nitrogens with one attached hydrogen (secondary N) is 1. The van der Waals surface area contributed by atoms with Crippen molar-refractivity contribution in [1.82, 2.24) is 5.32 Å². The van der Waals surface area contributed by atoms with Gasteiger partial charge in [-0.25, -0.2) is 4.99 Å². The Kier molecular flexibility index (Phi) is 1.45. The molecule has 3 rings (SSSR count). The van der Waals surface area contributed by atoms with E-state index in [4.69, 9.17) is 4.74 Å². The van der Waals surface area contributed by atoms with E-state index in [-0.39, 0.29) is 18.0 Å². The van der Waals surface area contributed by atoms with Crippen molar-refractivity contribution >= 4 is 6.34 Å². The van der Waals surface area contributed by atoms with Crippen molar-refractivity contribution in [3.63, 3.8) is 0 Å². The van der Waals surface area contributed by atoms with Crippen LogP contribution in [0.3, 0.4) is 0 Å². The number of benzene rings is 1. The number of hydrogen-bond acceptors (Lipinski definition) is 4. The minimum atomic E-state index is -0.101. The number of phenols is 1. The van der Waals surface area contributed by atoms with Gasteiger partial charge in [0, 0.05) is 18.1 Å². The van der Waals surface area contributed by atoms with Crippen molar-refractivity contribution in [2.24, 2.45) is 4.99 Å². The van der Waals surface area contributed by atoms with Crippen LogP contribution in [-0.2, 0) is 0 Å². The molecule has 0 amide bonds. The van der Waals surface area contributed by atoms with Crippen molar-refractivity contribution in [3.05, 3.63) is 23.8 Å². The van der Waals surface area contributed by atoms with Crippen LogP contribution in [0.2, 0.25) is 0 Å². The molecule has 2 unspecified atom stereocenters. The summed E-state index contributed by atoms with van der Waals surface area (Å²) in [6, 6.07) is 5.46. The Hall–Kier alpha value is -1.71. The van der Waals surface area contributed by atoms with E-state index in [9.17, 15) is 5.11 Å². The molecule has 2 bridgehead atoms. The molecule has 0 aliphatic carbocycles. The van der Waals surface area contributed by atoms with E-state index in [2.05, 4.69) is 10.3 Å². The van der Waals surface area contributed by atoms with Gasteiger partial charge in [-0.2, -0.15) is 0 Å². The normalized spacial score (nSPS) is 27.4. The van der Waals surface area contributed by atoms with Crippen LogP contribution in [0.15, 0.2) is 23.2 Å². The van der Waals surface area contributed by atoms with Crippen molar-refractivity contribution in [2.75, 3.05) is 0 Å². The molecule has 2 N–H and O–H groups in total. The summed E-state index contributed by atoms with van der Waals surface area (Å²) in [6.07, 6.45) is 2.44. The van der Waals surface area contributed by atoms with Crippen LogP contribution < -0.4 is 10.1 Å². The van der Waals surface area contributed by atoms with E-state index < -0.39 is 0 Å². The van der Waals surface area contributed by atoms with Crippen molar-refractivity contribution in [2.45, 2.75) is 18.7 Å². The molecule has 0 aromatic heterocycles. The largest absolute Gasteiger partial charge is 0.508 e. The Balaban J connectivity index is 2.10. The average molecular weight is 190 g/mol. The zero-order valence-corrected chi connectivity index (χ0v) is 7.47. The highest BCUT2D eigenvalue weighted by molar-refractivity contribution is 5.59. The first-order valence-corrected chi connectivity index (χ1v) is 4.60. The SMILES string of the molecule is Oc1ccc2c(c1)OC1CC2NC=N1. The summed E-state index contributed by atoms with van der Waals surface area (Å²) in [5.74, 6) is 0.961. The van der Waals surface area contributed by atoms with Gasteiger partial charge in [-0.15, -0.1) is 0 Å². The lowest BCUT2D eigenvalue weighted by atomic mass is 9.98. The van der Waals surface area contributed by atoms with E-state index in [1.165, 1.54) is 0 Å². The smallest absolute Gasteiger partial charge is 0.193 e. The van der Waals surface area contributed by atoms with Crippen LogP contribution in [0.25, 0.3) is 0 Å². The number of hydrogen-bond donors (Lipinski definition) is 2. The third-order valence-electron chi connectivity index (χ3n) is 2.59. The molecule has 72 valence electrons. The molecular weight excluding hydrogens is 180 g/mol. The van der Waals surface area contributed by atoms with Gasteiger partial charge in [0.15, 0.2) is 6.23 Å². The zero-order chi connectivity index (χ0) is 9.54. The van der Waals surface area contributed by atoms with Gasteiger partial charge in [0.05, 0.1) is 12.4 Å². The van der Waals surface area contributed by atoms with Crippen LogP contribution in [-0.4, -0.2) is 17.7 Å². The fraction of sp³-hybridized carbons (Fsp3) is 0.300. The molecule has 0 spiro atoms. The fourth-order valence-corrected chi connectivity index (χ4v) is 1.90. The summed E-state index contributed by atoms with van der Waals surface area (Å²) in [7, 11) is 0. The van der Waals surface area contributed by atoms with Gasteiger partial charge in [-0.3, -0.25) is 0 Å². The molecular formula is C10H10N2O2. The van der Waals surface area contributed by atoms with Crippen LogP contribution >= 0.6 is 0 Å². The number of fused-ring (bicyclic) bond motifs is 4. The minimum absolute atomic E-state index is 0.101. The molecule has 2 atom stereocenters. The monoisotopic (exact) mass is 190 g/mol. The van der Waals surface area contributed by atoms with Gasteiger partial charge in [0.25, 0.3) is 0 Å². The van der Waals surface area contributed by atoms with Crippen LogP contribution in [0.4, 0.5) is 0 Å². The number of ether oxygens (including phenoxy) is 1. The Morgan fingerprint density at radius 2 is 2.43 bits per heavy atom. The number of aliphatic imine (C=N–C) groups is 1. The summed E-state index contributed by atoms with van der Waals surface area (Å²) < 4.78 is 5.59. The Morgan fingerprint density at radius 1 is 1.50 bits per heavy atom. The maximum atomic E-state index is 9.31. The molecule has 2 aliphatic rings. The number of phenolic OH excluding ortho intramolecular Hbond substituents is 1. The maximum absolute atomic E-state index is 9.31. The van der Waals surface area contributed by atoms with Gasteiger partial charge in [0.1, 0.15) is 11.5 Å². The topological polar surface area (TPSA) is 53.9 Å². The standard InChI is InChI=1S/C10H10N2O2/c13-6-1-2-7-8-4-10(12-5-11-8)14-9(7)3-6/h1-3,5,8,10,13H,4H2,(H,11,12). The Bertz CT molecular complexity index is 403. The third kappa shape index (κ3) is 1.04. The lowest BCUT2D eigenvalue weighted by molar-refractivity contribution is 0.155. The second kappa shape index (κ2) is 2.64. The first-order valence-electron chi connectivity index (χ1n) is 4.60. The summed E-state index contributed by atoms with van der Waals surface area (Å²) in [5, 5.41) is 12.5. The first kappa shape index (κ1) is 7.67. The molecule has 0 saturated carbocycles. The van der Waals surface area contributed by atoms with Gasteiger partial charge in [-0.05, 0) is 12.1 Å². The van der Waals surface area contributed by atoms with Crippen LogP contribution in [0, 0.1) is 0 Å². The Morgan fingerprint density at radius 3 is 3.36 bits per heavy atom. The molecule has 2 heterocycles. The quantitative estimate of drug-likeness (QED) is 0.645.